The summed E-state index contributed by atoms with van der Waals surface area (Å²) in [7, 11) is 0. The van der Waals surface area contributed by atoms with Gasteiger partial charge in [0.05, 0.1) is 26.8 Å². The lowest BCUT2D eigenvalue weighted by Crippen LogP contribution is -2.04. The van der Waals surface area contributed by atoms with Crippen LogP contribution in [0.5, 0.6) is 0 Å². The molecule has 4 heteroatoms. The Balaban J connectivity index is 1.32. The number of hydrogen-bond donors (Lipinski definition) is 0. The molecule has 0 saturated carbocycles. The van der Waals surface area contributed by atoms with Gasteiger partial charge in [0, 0.05) is 37.2 Å². The van der Waals surface area contributed by atoms with E-state index in [1.807, 2.05) is 11.3 Å². The maximum Gasteiger partial charge on any atom is 0.165 e. The van der Waals surface area contributed by atoms with Gasteiger partial charge in [-0.3, -0.25) is 4.57 Å². The number of para-hydroxylation sites is 1. The number of nitrogens with zero attached hydrogens (tertiary/aromatic N) is 3. The Morgan fingerprint density at radius 1 is 0.577 bits per heavy atom. The first-order valence-electron chi connectivity index (χ1n) is 18.0. The number of thiophene rings is 1. The van der Waals surface area contributed by atoms with Gasteiger partial charge in [-0.25, -0.2) is 9.97 Å². The molecule has 0 atom stereocenters. The summed E-state index contributed by atoms with van der Waals surface area (Å²) in [5, 5.41) is 12.5. The van der Waals surface area contributed by atoms with E-state index >= 15 is 0 Å². The van der Waals surface area contributed by atoms with Crippen LogP contribution in [0.25, 0.3) is 108 Å². The predicted octanol–water partition coefficient (Wildman–Crippen LogP) is 13.2. The molecule has 0 N–H and O–H groups in total. The molecule has 8 aromatic carbocycles. The largest absolute Gasteiger partial charge is 0.290 e. The summed E-state index contributed by atoms with van der Waals surface area (Å²) in [6.45, 7) is 0. The third-order valence-electron chi connectivity index (χ3n) is 11.2. The number of aryl methyl sites for hydroxylation is 1. The molecule has 0 saturated heterocycles. The normalized spacial score (nSPS) is 13.2. The molecule has 0 radical (unpaired) electrons. The SMILES string of the molecule is C1=Cc2ccc3sc4c(c5ccccc5c5c6ccccc6n(-c6nc7c(ccc8ccccc87)nc6-c6ccc7ccccc7c6)c45)c3c2CC1. The topological polar surface area (TPSA) is 30.7 Å². The third kappa shape index (κ3) is 3.85. The molecule has 0 fully saturated rings. The van der Waals surface area contributed by atoms with E-state index in [4.69, 9.17) is 9.97 Å². The van der Waals surface area contributed by atoms with Crippen molar-refractivity contribution < 1.29 is 0 Å². The van der Waals surface area contributed by atoms with Crippen molar-refractivity contribution in [2.75, 3.05) is 0 Å². The van der Waals surface area contributed by atoms with Crippen LogP contribution in [0, 0.1) is 0 Å². The maximum atomic E-state index is 5.71. The van der Waals surface area contributed by atoms with Gasteiger partial charge in [-0.15, -0.1) is 11.3 Å². The second-order valence-electron chi connectivity index (χ2n) is 14.0. The molecule has 1 aliphatic rings. The van der Waals surface area contributed by atoms with Gasteiger partial charge in [0.25, 0.3) is 0 Å². The lowest BCUT2D eigenvalue weighted by Gasteiger charge is -2.16. The predicted molar refractivity (Wildman–Crippen MR) is 222 cm³/mol. The van der Waals surface area contributed by atoms with Crippen molar-refractivity contribution in [3.05, 3.63) is 157 Å². The second-order valence-corrected chi connectivity index (χ2v) is 15.0. The molecule has 3 heterocycles. The van der Waals surface area contributed by atoms with Crippen LogP contribution in [0.3, 0.4) is 0 Å². The van der Waals surface area contributed by atoms with Crippen molar-refractivity contribution in [1.29, 1.82) is 0 Å². The van der Waals surface area contributed by atoms with Crippen molar-refractivity contribution in [1.82, 2.24) is 14.5 Å². The molecule has 3 aromatic heterocycles. The Morgan fingerprint density at radius 3 is 2.19 bits per heavy atom. The van der Waals surface area contributed by atoms with Crippen LogP contribution >= 0.6 is 11.3 Å². The molecular formula is C48H29N3S. The van der Waals surface area contributed by atoms with Crippen LogP contribution in [-0.2, 0) is 6.42 Å². The molecule has 0 spiro atoms. The Kier molecular flexibility index (Phi) is 5.77. The summed E-state index contributed by atoms with van der Waals surface area (Å²) >= 11 is 1.92. The zero-order valence-electron chi connectivity index (χ0n) is 28.1. The van der Waals surface area contributed by atoms with Gasteiger partial charge in [0.1, 0.15) is 5.69 Å². The Hall–Kier alpha value is -6.36. The fourth-order valence-corrected chi connectivity index (χ4v) is 10.2. The minimum Gasteiger partial charge on any atom is -0.290 e. The molecule has 0 bridgehead atoms. The molecule has 0 amide bonds. The van der Waals surface area contributed by atoms with Crippen LogP contribution in [0.15, 0.2) is 146 Å². The summed E-state index contributed by atoms with van der Waals surface area (Å²) in [5.74, 6) is 0.851. The summed E-state index contributed by atoms with van der Waals surface area (Å²) in [5.41, 5.74) is 8.88. The number of aromatic nitrogens is 3. The van der Waals surface area contributed by atoms with E-state index in [2.05, 4.69) is 156 Å². The molecule has 12 rings (SSSR count). The molecule has 0 aliphatic heterocycles. The lowest BCUT2D eigenvalue weighted by molar-refractivity contribution is 0.999. The van der Waals surface area contributed by atoms with E-state index in [0.717, 1.165) is 57.2 Å². The van der Waals surface area contributed by atoms with Gasteiger partial charge in [-0.05, 0) is 75.2 Å². The van der Waals surface area contributed by atoms with Crippen LogP contribution in [0.4, 0.5) is 0 Å². The van der Waals surface area contributed by atoms with Crippen LogP contribution in [0.1, 0.15) is 17.5 Å². The summed E-state index contributed by atoms with van der Waals surface area (Å²) in [6, 6.07) is 50.6. The van der Waals surface area contributed by atoms with E-state index in [0.29, 0.717) is 0 Å². The van der Waals surface area contributed by atoms with Crippen molar-refractivity contribution in [3.63, 3.8) is 0 Å². The van der Waals surface area contributed by atoms with Crippen molar-refractivity contribution in [3.8, 4) is 17.1 Å². The summed E-state index contributed by atoms with van der Waals surface area (Å²) in [6.07, 6.45) is 6.75. The van der Waals surface area contributed by atoms with Gasteiger partial charge < -0.3 is 0 Å². The van der Waals surface area contributed by atoms with Gasteiger partial charge in [0.15, 0.2) is 5.82 Å². The first-order chi connectivity index (χ1) is 25.8. The van der Waals surface area contributed by atoms with E-state index in [-0.39, 0.29) is 0 Å². The monoisotopic (exact) mass is 679 g/mol. The molecule has 242 valence electrons. The third-order valence-corrected chi connectivity index (χ3v) is 12.4. The number of benzene rings is 8. The first kappa shape index (κ1) is 28.3. The maximum absolute atomic E-state index is 5.71. The molecule has 11 aromatic rings. The average molecular weight is 680 g/mol. The summed E-state index contributed by atoms with van der Waals surface area (Å²) < 4.78 is 5.08. The van der Waals surface area contributed by atoms with Gasteiger partial charge >= 0.3 is 0 Å². The van der Waals surface area contributed by atoms with E-state index < -0.39 is 0 Å². The number of hydrogen-bond acceptors (Lipinski definition) is 3. The van der Waals surface area contributed by atoms with Crippen molar-refractivity contribution in [2.45, 2.75) is 12.8 Å². The number of fused-ring (bicyclic) bond motifs is 16. The van der Waals surface area contributed by atoms with E-state index in [1.54, 1.807) is 0 Å². The molecule has 0 unspecified atom stereocenters. The van der Waals surface area contributed by atoms with Gasteiger partial charge in [-0.2, -0.15) is 0 Å². The number of allylic oxidation sites excluding steroid dienone is 1. The van der Waals surface area contributed by atoms with Crippen LogP contribution in [0.2, 0.25) is 0 Å². The van der Waals surface area contributed by atoms with Gasteiger partial charge in [0.2, 0.25) is 0 Å². The van der Waals surface area contributed by atoms with Gasteiger partial charge in [-0.1, -0.05) is 127 Å². The Labute approximate surface area is 302 Å². The quantitative estimate of drug-likeness (QED) is 0.170. The summed E-state index contributed by atoms with van der Waals surface area (Å²) in [4.78, 5) is 11.2. The second kappa shape index (κ2) is 10.6. The van der Waals surface area contributed by atoms with Crippen molar-refractivity contribution in [2.24, 2.45) is 0 Å². The highest BCUT2D eigenvalue weighted by atomic mass is 32.1. The van der Waals surface area contributed by atoms with E-state index in [1.165, 1.54) is 69.1 Å². The molecule has 3 nitrogen and oxygen atoms in total. The van der Waals surface area contributed by atoms with Crippen LogP contribution < -0.4 is 0 Å². The average Bonchev–Trinajstić information content (AvgIpc) is 3.77. The smallest absolute Gasteiger partial charge is 0.165 e. The van der Waals surface area contributed by atoms with E-state index in [9.17, 15) is 0 Å². The zero-order chi connectivity index (χ0) is 33.9. The van der Waals surface area contributed by atoms with Crippen LogP contribution in [-0.4, -0.2) is 14.5 Å². The first-order valence-corrected chi connectivity index (χ1v) is 18.8. The standard InChI is InChI=1S/C48H29N3S/c1-2-14-31-27-32(22-21-28(31)11-1)44-48(50-45-34-16-6-4-13-30(34)23-25-38(45)49-44)51-39-20-10-9-19-37(39)41-35-17-7-8-18-36(35)43-42-33-15-5-3-12-29(33)24-26-40(42)52-47(43)46(41)51/h1-4,6-14,16-27H,5,15H2. The molecular weight excluding hydrogens is 651 g/mol. The number of rotatable bonds is 2. The molecule has 1 aliphatic carbocycles. The zero-order valence-corrected chi connectivity index (χ0v) is 28.9. The van der Waals surface area contributed by atoms with Crippen molar-refractivity contribution >= 4 is 103 Å². The fourth-order valence-electron chi connectivity index (χ4n) is 8.90. The Morgan fingerprint density at radius 2 is 1.31 bits per heavy atom. The highest BCUT2D eigenvalue weighted by Gasteiger charge is 2.26. The minimum absolute atomic E-state index is 0.851. The molecule has 52 heavy (non-hydrogen) atoms. The Bertz CT molecular complexity index is 3360. The highest BCUT2D eigenvalue weighted by molar-refractivity contribution is 7.27. The fraction of sp³-hybridized carbons (Fsp3) is 0.0417. The lowest BCUT2D eigenvalue weighted by atomic mass is 9.91. The highest BCUT2D eigenvalue weighted by Crippen LogP contribution is 2.50. The minimum atomic E-state index is 0.851.